The molecule has 0 bridgehead atoms. The summed E-state index contributed by atoms with van der Waals surface area (Å²) >= 11 is 0. The summed E-state index contributed by atoms with van der Waals surface area (Å²) in [6.45, 7) is 5.37. The zero-order valence-electron chi connectivity index (χ0n) is 20.6. The molecule has 0 saturated carbocycles. The summed E-state index contributed by atoms with van der Waals surface area (Å²) in [7, 11) is 2.12. The number of likely N-dealkylation sites (tertiary alicyclic amines) is 1. The van der Waals surface area contributed by atoms with Gasteiger partial charge in [0.05, 0.1) is 11.9 Å². The van der Waals surface area contributed by atoms with E-state index in [0.717, 1.165) is 57.9 Å². The molecule has 0 atom stereocenters. The van der Waals surface area contributed by atoms with E-state index in [4.69, 9.17) is 9.90 Å². The van der Waals surface area contributed by atoms with Gasteiger partial charge < -0.3 is 25.1 Å². The molecule has 14 heteroatoms. The van der Waals surface area contributed by atoms with E-state index < -0.39 is 12.1 Å². The molecule has 38 heavy (non-hydrogen) atoms. The fraction of sp³-hybridized carbons (Fsp3) is 0.417. The average Bonchev–Trinajstić information content (AvgIpc) is 3.56. The highest BCUT2D eigenvalue weighted by Crippen LogP contribution is 2.27. The van der Waals surface area contributed by atoms with Crippen molar-refractivity contribution in [2.75, 3.05) is 56.5 Å². The van der Waals surface area contributed by atoms with Gasteiger partial charge in [0, 0.05) is 56.7 Å². The number of halogens is 4. The fourth-order valence-electron chi connectivity index (χ4n) is 4.20. The molecule has 204 valence electrons. The van der Waals surface area contributed by atoms with Crippen LogP contribution >= 0.6 is 0 Å². The second-order valence-corrected chi connectivity index (χ2v) is 9.01. The average molecular weight is 538 g/mol. The van der Waals surface area contributed by atoms with E-state index in [1.807, 2.05) is 16.8 Å². The van der Waals surface area contributed by atoms with Gasteiger partial charge in [-0.05, 0) is 44.2 Å². The number of imidazole rings is 1. The van der Waals surface area contributed by atoms with Crippen LogP contribution in [-0.4, -0.2) is 93.8 Å². The number of nitrogens with one attached hydrogen (secondary N) is 1. The number of nitrogens with zero attached hydrogens (tertiary/aromatic N) is 6. The SMILES string of the molecule is CN1CCN(c2cnc3nc(-c4cc(NC(=O)N5CCCC5)ccc4F)ccn23)CC1.O=C(O)C(F)(F)F. The van der Waals surface area contributed by atoms with Crippen molar-refractivity contribution in [3.8, 4) is 11.3 Å². The number of aromatic nitrogens is 3. The van der Waals surface area contributed by atoms with E-state index in [-0.39, 0.29) is 11.8 Å². The summed E-state index contributed by atoms with van der Waals surface area (Å²) in [5.74, 6) is -1.62. The maximum Gasteiger partial charge on any atom is 0.490 e. The largest absolute Gasteiger partial charge is 0.490 e. The van der Waals surface area contributed by atoms with Crippen LogP contribution in [0.2, 0.25) is 0 Å². The number of alkyl halides is 3. The molecule has 0 radical (unpaired) electrons. The summed E-state index contributed by atoms with van der Waals surface area (Å²) in [6.07, 6.45) is 0.659. The number of fused-ring (bicyclic) bond motifs is 1. The van der Waals surface area contributed by atoms with Gasteiger partial charge in [-0.1, -0.05) is 0 Å². The number of hydrogen-bond donors (Lipinski definition) is 2. The Labute approximate surface area is 215 Å². The van der Waals surface area contributed by atoms with Gasteiger partial charge in [-0.25, -0.2) is 23.9 Å². The van der Waals surface area contributed by atoms with Crippen LogP contribution in [0.15, 0.2) is 36.7 Å². The first-order chi connectivity index (χ1) is 18.0. The smallest absolute Gasteiger partial charge is 0.475 e. The Morgan fingerprint density at radius 3 is 2.32 bits per heavy atom. The van der Waals surface area contributed by atoms with Gasteiger partial charge in [0.1, 0.15) is 11.6 Å². The second kappa shape index (κ2) is 11.2. The molecule has 2 saturated heterocycles. The van der Waals surface area contributed by atoms with E-state index in [2.05, 4.69) is 32.1 Å². The molecular formula is C24H27F4N7O3. The van der Waals surface area contributed by atoms with Crippen LogP contribution in [0.25, 0.3) is 17.0 Å². The number of aliphatic carboxylic acids is 1. The molecule has 2 aromatic heterocycles. The van der Waals surface area contributed by atoms with Crippen LogP contribution in [0.3, 0.4) is 0 Å². The van der Waals surface area contributed by atoms with Crippen molar-refractivity contribution in [2.45, 2.75) is 19.0 Å². The Hall–Kier alpha value is -3.94. The van der Waals surface area contributed by atoms with Crippen LogP contribution in [-0.2, 0) is 4.79 Å². The number of likely N-dealkylation sites (N-methyl/N-ethyl adjacent to an activating group) is 1. The molecule has 2 aliphatic rings. The van der Waals surface area contributed by atoms with E-state index in [9.17, 15) is 22.4 Å². The Morgan fingerprint density at radius 2 is 1.68 bits per heavy atom. The lowest BCUT2D eigenvalue weighted by Gasteiger charge is -2.33. The molecule has 2 amide bonds. The number of carbonyl (C=O) groups is 2. The van der Waals surface area contributed by atoms with Gasteiger partial charge in [0.25, 0.3) is 0 Å². The first-order valence-electron chi connectivity index (χ1n) is 12.0. The van der Waals surface area contributed by atoms with Crippen molar-refractivity contribution in [2.24, 2.45) is 0 Å². The van der Waals surface area contributed by atoms with Crippen molar-refractivity contribution in [3.05, 3.63) is 42.5 Å². The van der Waals surface area contributed by atoms with E-state index in [0.29, 0.717) is 22.7 Å². The minimum atomic E-state index is -5.08. The predicted octanol–water partition coefficient (Wildman–Crippen LogP) is 3.55. The molecule has 10 nitrogen and oxygen atoms in total. The minimum absolute atomic E-state index is 0.149. The van der Waals surface area contributed by atoms with Crippen molar-refractivity contribution in [1.29, 1.82) is 0 Å². The number of anilines is 2. The third-order valence-corrected chi connectivity index (χ3v) is 6.32. The molecule has 2 N–H and O–H groups in total. The first-order valence-corrected chi connectivity index (χ1v) is 12.0. The Balaban J connectivity index is 0.000000426. The fourth-order valence-corrected chi connectivity index (χ4v) is 4.20. The predicted molar refractivity (Wildman–Crippen MR) is 132 cm³/mol. The monoisotopic (exact) mass is 537 g/mol. The van der Waals surface area contributed by atoms with Gasteiger partial charge in [-0.2, -0.15) is 13.2 Å². The van der Waals surface area contributed by atoms with Gasteiger partial charge >= 0.3 is 18.2 Å². The van der Waals surface area contributed by atoms with E-state index >= 15 is 0 Å². The zero-order chi connectivity index (χ0) is 27.4. The standard InChI is InChI=1S/C22H26FN7O.C2HF3O2/c1-27-10-12-28(13-11-27)20-15-24-21-26-19(6-9-30(20)21)17-14-16(4-5-18(17)23)25-22(31)29-7-2-3-8-29;3-2(4,5)1(6)7/h4-6,9,14-15H,2-3,7-8,10-13H2,1H3,(H,25,31);(H,6,7). The molecule has 5 rings (SSSR count). The molecule has 0 unspecified atom stereocenters. The number of piperazine rings is 1. The third-order valence-electron chi connectivity index (χ3n) is 6.32. The number of carboxylic acid groups (broad SMARTS) is 1. The summed E-state index contributed by atoms with van der Waals surface area (Å²) in [4.78, 5) is 36.7. The molecule has 1 aromatic carbocycles. The van der Waals surface area contributed by atoms with Crippen LogP contribution in [0.5, 0.6) is 0 Å². The number of rotatable bonds is 3. The molecule has 2 aliphatic heterocycles. The molecule has 3 aromatic rings. The van der Waals surface area contributed by atoms with Gasteiger partial charge in [0.2, 0.25) is 5.78 Å². The first kappa shape index (κ1) is 27.1. The van der Waals surface area contributed by atoms with Crippen LogP contribution in [0.1, 0.15) is 12.8 Å². The number of benzene rings is 1. The van der Waals surface area contributed by atoms with Crippen LogP contribution in [0, 0.1) is 5.82 Å². The zero-order valence-corrected chi connectivity index (χ0v) is 20.6. The van der Waals surface area contributed by atoms with E-state index in [1.54, 1.807) is 23.1 Å². The second-order valence-electron chi connectivity index (χ2n) is 9.01. The summed E-state index contributed by atoms with van der Waals surface area (Å²) < 4.78 is 48.3. The molecule has 0 spiro atoms. The maximum atomic E-state index is 14.6. The number of amides is 2. The Kier molecular flexibility index (Phi) is 7.99. The number of carbonyl (C=O) groups excluding carboxylic acids is 1. The quantitative estimate of drug-likeness (QED) is 0.493. The van der Waals surface area contributed by atoms with Crippen LogP contribution < -0.4 is 10.2 Å². The van der Waals surface area contributed by atoms with Crippen molar-refractivity contribution in [1.82, 2.24) is 24.2 Å². The van der Waals surface area contributed by atoms with Crippen molar-refractivity contribution >= 4 is 29.3 Å². The minimum Gasteiger partial charge on any atom is -0.475 e. The summed E-state index contributed by atoms with van der Waals surface area (Å²) in [5.41, 5.74) is 1.38. The molecular weight excluding hydrogens is 510 g/mol. The molecule has 2 fully saturated rings. The Morgan fingerprint density at radius 1 is 1.03 bits per heavy atom. The highest BCUT2D eigenvalue weighted by molar-refractivity contribution is 5.90. The van der Waals surface area contributed by atoms with Crippen molar-refractivity contribution in [3.63, 3.8) is 0 Å². The third kappa shape index (κ3) is 6.30. The maximum absolute atomic E-state index is 14.6. The Bertz CT molecular complexity index is 1300. The lowest BCUT2D eigenvalue weighted by Crippen LogP contribution is -2.44. The van der Waals surface area contributed by atoms with Crippen molar-refractivity contribution < 1.29 is 32.3 Å². The highest BCUT2D eigenvalue weighted by atomic mass is 19.4. The number of urea groups is 1. The molecule has 0 aliphatic carbocycles. The van der Waals surface area contributed by atoms with Gasteiger partial charge in [-0.15, -0.1) is 0 Å². The molecule has 4 heterocycles. The summed E-state index contributed by atoms with van der Waals surface area (Å²) in [6, 6.07) is 6.21. The van der Waals surface area contributed by atoms with E-state index in [1.165, 1.54) is 6.07 Å². The number of carboxylic acids is 1. The lowest BCUT2D eigenvalue weighted by molar-refractivity contribution is -0.192. The topological polar surface area (TPSA) is 106 Å². The highest BCUT2D eigenvalue weighted by Gasteiger charge is 2.38. The normalized spacial score (nSPS) is 16.3. The summed E-state index contributed by atoms with van der Waals surface area (Å²) in [5, 5.41) is 10.00. The number of hydrogen-bond acceptors (Lipinski definition) is 6. The van der Waals surface area contributed by atoms with Crippen LogP contribution in [0.4, 0.5) is 33.9 Å². The van der Waals surface area contributed by atoms with Gasteiger partial charge in [-0.3, -0.25) is 4.40 Å². The lowest BCUT2D eigenvalue weighted by atomic mass is 10.1. The van der Waals surface area contributed by atoms with Gasteiger partial charge in [0.15, 0.2) is 0 Å².